The molecule has 168 valence electrons. The second-order valence-electron chi connectivity index (χ2n) is 6.27. The first-order valence-electron chi connectivity index (χ1n) is 8.73. The molecule has 0 aliphatic carbocycles. The topological polar surface area (TPSA) is 89.5 Å². The quantitative estimate of drug-likeness (QED) is 0.303. The number of nitro benzene ring substituents is 2. The smallest absolute Gasteiger partial charge is 0.367 e. The number of hydrogen-bond donors (Lipinski definition) is 0. The Morgan fingerprint density at radius 1 is 0.839 bits per heavy atom. The van der Waals surface area contributed by atoms with E-state index in [2.05, 4.69) is 0 Å². The van der Waals surface area contributed by atoms with Crippen LogP contribution in [0.1, 0.15) is 25.0 Å². The van der Waals surface area contributed by atoms with Crippen molar-refractivity contribution >= 4 is 17.1 Å². The average molecular weight is 451 g/mol. The Balaban J connectivity index is 3.10. The van der Waals surface area contributed by atoms with E-state index >= 15 is 0 Å². The molecule has 0 atom stereocenters. The number of nitro groups is 2. The van der Waals surface area contributed by atoms with Crippen molar-refractivity contribution in [3.8, 4) is 11.1 Å². The maximum absolute atomic E-state index is 13.7. The second kappa shape index (κ2) is 8.40. The van der Waals surface area contributed by atoms with Gasteiger partial charge in [0.15, 0.2) is 0 Å². The molecule has 0 fully saturated rings. The molecule has 2 aromatic rings. The molecule has 0 amide bonds. The number of alkyl halides is 6. The fourth-order valence-corrected chi connectivity index (χ4v) is 3.19. The van der Waals surface area contributed by atoms with Gasteiger partial charge in [-0.3, -0.25) is 20.2 Å². The predicted octanol–water partition coefficient (Wildman–Crippen LogP) is 6.05. The monoisotopic (exact) mass is 451 g/mol. The summed E-state index contributed by atoms with van der Waals surface area (Å²) in [5, 5.41) is 22.7. The average Bonchev–Trinajstić information content (AvgIpc) is 2.66. The molecule has 0 aliphatic rings. The van der Waals surface area contributed by atoms with Crippen LogP contribution in [0.25, 0.3) is 11.1 Å². The van der Waals surface area contributed by atoms with E-state index in [9.17, 15) is 46.6 Å². The Bertz CT molecular complexity index is 1020. The van der Waals surface area contributed by atoms with Gasteiger partial charge in [-0.05, 0) is 32.0 Å². The third-order valence-corrected chi connectivity index (χ3v) is 4.54. The molecule has 0 aliphatic heterocycles. The first-order valence-corrected chi connectivity index (χ1v) is 8.73. The van der Waals surface area contributed by atoms with Gasteiger partial charge >= 0.3 is 18.0 Å². The first-order chi connectivity index (χ1) is 14.2. The van der Waals surface area contributed by atoms with E-state index in [-0.39, 0.29) is 24.8 Å². The summed E-state index contributed by atoms with van der Waals surface area (Å²) >= 11 is 0. The molecule has 31 heavy (non-hydrogen) atoms. The summed E-state index contributed by atoms with van der Waals surface area (Å²) in [6, 6.07) is 2.38. The Labute approximate surface area is 171 Å². The predicted molar refractivity (Wildman–Crippen MR) is 98.8 cm³/mol. The molecule has 2 rings (SSSR count). The van der Waals surface area contributed by atoms with Gasteiger partial charge in [-0.15, -0.1) is 0 Å². The van der Waals surface area contributed by atoms with Crippen LogP contribution in [0.5, 0.6) is 0 Å². The standard InChI is InChI=1S/C18H15F6N3O4/c1-3-25(4-2)14-8-7-12(17(19,20)21)15(16(14)27(30)31)11-6-5-10(26(28)29)9-13(11)18(22,23)24/h5-9H,3-4H2,1-2H3. The van der Waals surface area contributed by atoms with Gasteiger partial charge < -0.3 is 4.90 Å². The molecule has 0 bridgehead atoms. The lowest BCUT2D eigenvalue weighted by Gasteiger charge is -2.24. The first kappa shape index (κ1) is 23.9. The highest BCUT2D eigenvalue weighted by atomic mass is 19.4. The minimum absolute atomic E-state index is 0.0588. The van der Waals surface area contributed by atoms with E-state index in [1.54, 1.807) is 13.8 Å². The molecule has 0 heterocycles. The Morgan fingerprint density at radius 2 is 1.39 bits per heavy atom. The number of nitrogens with zero attached hydrogens (tertiary/aromatic N) is 3. The summed E-state index contributed by atoms with van der Waals surface area (Å²) in [7, 11) is 0. The van der Waals surface area contributed by atoms with Crippen LogP contribution in [-0.4, -0.2) is 22.9 Å². The molecule has 0 saturated heterocycles. The zero-order chi connectivity index (χ0) is 23.7. The molecule has 13 heteroatoms. The zero-order valence-corrected chi connectivity index (χ0v) is 16.0. The highest BCUT2D eigenvalue weighted by molar-refractivity contribution is 5.87. The summed E-state index contributed by atoms with van der Waals surface area (Å²) < 4.78 is 82.0. The van der Waals surface area contributed by atoms with E-state index < -0.39 is 55.8 Å². The molecule has 0 unspecified atom stereocenters. The third kappa shape index (κ3) is 4.70. The van der Waals surface area contributed by atoms with Gasteiger partial charge in [-0.2, -0.15) is 26.3 Å². The van der Waals surface area contributed by atoms with E-state index in [1.165, 1.54) is 4.90 Å². The normalized spacial score (nSPS) is 12.0. The minimum atomic E-state index is -5.32. The zero-order valence-electron chi connectivity index (χ0n) is 16.0. The molecule has 0 aromatic heterocycles. The van der Waals surface area contributed by atoms with Crippen LogP contribution in [0, 0.1) is 20.2 Å². The van der Waals surface area contributed by atoms with E-state index in [1.807, 2.05) is 0 Å². The molecular formula is C18H15F6N3O4. The molecule has 2 aromatic carbocycles. The maximum atomic E-state index is 13.7. The number of anilines is 1. The summed E-state index contributed by atoms with van der Waals surface area (Å²) in [6.07, 6.45) is -10.5. The van der Waals surface area contributed by atoms with Crippen LogP contribution in [0.15, 0.2) is 30.3 Å². The van der Waals surface area contributed by atoms with Crippen molar-refractivity contribution in [1.82, 2.24) is 0 Å². The van der Waals surface area contributed by atoms with Gasteiger partial charge in [0, 0.05) is 30.8 Å². The number of halogens is 6. The van der Waals surface area contributed by atoms with Gasteiger partial charge in [-0.1, -0.05) is 0 Å². The van der Waals surface area contributed by atoms with Crippen molar-refractivity contribution in [3.05, 3.63) is 61.7 Å². The highest BCUT2D eigenvalue weighted by Crippen LogP contribution is 2.50. The minimum Gasteiger partial charge on any atom is -0.367 e. The van der Waals surface area contributed by atoms with Crippen molar-refractivity contribution in [1.29, 1.82) is 0 Å². The summed E-state index contributed by atoms with van der Waals surface area (Å²) in [5.41, 5.74) is -8.41. The lowest BCUT2D eigenvalue weighted by atomic mass is 9.91. The van der Waals surface area contributed by atoms with Crippen LogP contribution < -0.4 is 4.90 Å². The van der Waals surface area contributed by atoms with Crippen molar-refractivity contribution < 1.29 is 36.2 Å². The third-order valence-electron chi connectivity index (χ3n) is 4.54. The SMILES string of the molecule is CCN(CC)c1ccc(C(F)(F)F)c(-c2ccc([N+](=O)[O-])cc2C(F)(F)F)c1[N+](=O)[O-]. The lowest BCUT2D eigenvalue weighted by Crippen LogP contribution is -2.24. The number of hydrogen-bond acceptors (Lipinski definition) is 5. The van der Waals surface area contributed by atoms with Crippen LogP contribution in [0.4, 0.5) is 43.4 Å². The summed E-state index contributed by atoms with van der Waals surface area (Å²) in [6.45, 7) is 3.40. The summed E-state index contributed by atoms with van der Waals surface area (Å²) in [5.74, 6) is 0. The highest BCUT2D eigenvalue weighted by Gasteiger charge is 2.43. The van der Waals surface area contributed by atoms with Crippen molar-refractivity contribution in [3.63, 3.8) is 0 Å². The van der Waals surface area contributed by atoms with Crippen LogP contribution >= 0.6 is 0 Å². The van der Waals surface area contributed by atoms with E-state index in [0.29, 0.717) is 18.2 Å². The Hall–Kier alpha value is -3.38. The molecule has 0 spiro atoms. The largest absolute Gasteiger partial charge is 0.417 e. The Morgan fingerprint density at radius 3 is 1.81 bits per heavy atom. The molecule has 0 radical (unpaired) electrons. The fourth-order valence-electron chi connectivity index (χ4n) is 3.19. The van der Waals surface area contributed by atoms with Crippen molar-refractivity contribution in [2.24, 2.45) is 0 Å². The van der Waals surface area contributed by atoms with Gasteiger partial charge in [0.05, 0.1) is 26.5 Å². The van der Waals surface area contributed by atoms with Gasteiger partial charge in [0.25, 0.3) is 5.69 Å². The lowest BCUT2D eigenvalue weighted by molar-refractivity contribution is -0.385. The van der Waals surface area contributed by atoms with Crippen LogP contribution in [0.3, 0.4) is 0 Å². The van der Waals surface area contributed by atoms with Gasteiger partial charge in [0.1, 0.15) is 5.69 Å². The van der Waals surface area contributed by atoms with Crippen molar-refractivity contribution in [2.75, 3.05) is 18.0 Å². The fraction of sp³-hybridized carbons (Fsp3) is 0.333. The number of non-ortho nitro benzene ring substituents is 1. The van der Waals surface area contributed by atoms with E-state index in [4.69, 9.17) is 0 Å². The van der Waals surface area contributed by atoms with Crippen LogP contribution in [0.2, 0.25) is 0 Å². The second-order valence-corrected chi connectivity index (χ2v) is 6.27. The number of benzene rings is 2. The van der Waals surface area contributed by atoms with Crippen LogP contribution in [-0.2, 0) is 12.4 Å². The maximum Gasteiger partial charge on any atom is 0.417 e. The molecule has 0 saturated carbocycles. The molecule has 7 nitrogen and oxygen atoms in total. The van der Waals surface area contributed by atoms with Gasteiger partial charge in [0.2, 0.25) is 0 Å². The Kier molecular flexibility index (Phi) is 6.47. The molecule has 0 N–H and O–H groups in total. The number of rotatable bonds is 6. The van der Waals surface area contributed by atoms with Crippen molar-refractivity contribution in [2.45, 2.75) is 26.2 Å². The summed E-state index contributed by atoms with van der Waals surface area (Å²) in [4.78, 5) is 21.7. The molecular weight excluding hydrogens is 436 g/mol. The van der Waals surface area contributed by atoms with E-state index in [0.717, 1.165) is 6.07 Å². The van der Waals surface area contributed by atoms with Gasteiger partial charge in [-0.25, -0.2) is 0 Å².